The molecule has 0 saturated carbocycles. The van der Waals surface area contributed by atoms with E-state index in [2.05, 4.69) is 5.10 Å². The third-order valence-corrected chi connectivity index (χ3v) is 2.18. The van der Waals surface area contributed by atoms with Crippen LogP contribution in [-0.2, 0) is 4.74 Å². The molecule has 0 aromatic carbocycles. The number of carbonyl (C=O) groups is 1. The van der Waals surface area contributed by atoms with Crippen LogP contribution in [0.5, 0.6) is 5.88 Å². The molecule has 2 aromatic heterocycles. The van der Waals surface area contributed by atoms with Gasteiger partial charge in [0.1, 0.15) is 5.56 Å². The molecule has 2 heterocycles. The summed E-state index contributed by atoms with van der Waals surface area (Å²) in [5.41, 5.74) is 1.04. The zero-order chi connectivity index (χ0) is 11.5. The zero-order valence-corrected chi connectivity index (χ0v) is 9.14. The molecule has 16 heavy (non-hydrogen) atoms. The van der Waals surface area contributed by atoms with Gasteiger partial charge in [0.05, 0.1) is 19.2 Å². The third-order valence-electron chi connectivity index (χ3n) is 2.18. The Balaban J connectivity index is 2.60. The number of ether oxygens (including phenoxy) is 2. The van der Waals surface area contributed by atoms with Crippen LogP contribution in [0.1, 0.15) is 17.3 Å². The van der Waals surface area contributed by atoms with Crippen molar-refractivity contribution in [3.8, 4) is 5.88 Å². The summed E-state index contributed by atoms with van der Waals surface area (Å²) in [5, 5.41) is 4.13. The van der Waals surface area contributed by atoms with E-state index in [-0.39, 0.29) is 5.88 Å². The van der Waals surface area contributed by atoms with Gasteiger partial charge in [0, 0.05) is 6.20 Å². The SMILES string of the molecule is CCOC(=O)c1c(OC)nn2ccccc12. The molecule has 2 rings (SSSR count). The van der Waals surface area contributed by atoms with Crippen LogP contribution in [0.15, 0.2) is 24.4 Å². The lowest BCUT2D eigenvalue weighted by atomic mass is 10.2. The fourth-order valence-corrected chi connectivity index (χ4v) is 1.52. The summed E-state index contributed by atoms with van der Waals surface area (Å²) < 4.78 is 11.6. The Morgan fingerprint density at radius 3 is 3.00 bits per heavy atom. The van der Waals surface area contributed by atoms with Gasteiger partial charge in [-0.15, -0.1) is 5.10 Å². The number of carbonyl (C=O) groups excluding carboxylic acids is 1. The summed E-state index contributed by atoms with van der Waals surface area (Å²) in [5.74, 6) is -0.134. The molecule has 0 N–H and O–H groups in total. The number of hydrogen-bond acceptors (Lipinski definition) is 4. The highest BCUT2D eigenvalue weighted by atomic mass is 16.5. The number of aromatic nitrogens is 2. The number of hydrogen-bond donors (Lipinski definition) is 0. The predicted molar refractivity (Wildman–Crippen MR) is 57.7 cm³/mol. The van der Waals surface area contributed by atoms with Crippen molar-refractivity contribution in [1.82, 2.24) is 9.61 Å². The zero-order valence-electron chi connectivity index (χ0n) is 9.14. The summed E-state index contributed by atoms with van der Waals surface area (Å²) in [6.07, 6.45) is 1.75. The van der Waals surface area contributed by atoms with Gasteiger partial charge in [-0.25, -0.2) is 9.31 Å². The summed E-state index contributed by atoms with van der Waals surface area (Å²) in [7, 11) is 1.48. The minimum atomic E-state index is -0.416. The van der Waals surface area contributed by atoms with Crippen LogP contribution in [0.3, 0.4) is 0 Å². The molecule has 0 aliphatic heterocycles. The topological polar surface area (TPSA) is 52.8 Å². The Morgan fingerprint density at radius 1 is 1.50 bits per heavy atom. The fraction of sp³-hybridized carbons (Fsp3) is 0.273. The number of nitrogens with zero attached hydrogens (tertiary/aromatic N) is 2. The van der Waals surface area contributed by atoms with Gasteiger partial charge in [-0.3, -0.25) is 0 Å². The molecule has 0 aliphatic rings. The molecular formula is C11H12N2O3. The lowest BCUT2D eigenvalue weighted by Crippen LogP contribution is -2.05. The van der Waals surface area contributed by atoms with Crippen molar-refractivity contribution in [1.29, 1.82) is 0 Å². The van der Waals surface area contributed by atoms with Gasteiger partial charge in [-0.1, -0.05) is 6.07 Å². The van der Waals surface area contributed by atoms with E-state index in [4.69, 9.17) is 9.47 Å². The average Bonchev–Trinajstić information content (AvgIpc) is 2.67. The quantitative estimate of drug-likeness (QED) is 0.736. The first-order valence-corrected chi connectivity index (χ1v) is 4.96. The lowest BCUT2D eigenvalue weighted by Gasteiger charge is -2.01. The van der Waals surface area contributed by atoms with Gasteiger partial charge in [0.2, 0.25) is 5.88 Å². The van der Waals surface area contributed by atoms with Gasteiger partial charge in [0.15, 0.2) is 0 Å². The van der Waals surface area contributed by atoms with Crippen LogP contribution in [-0.4, -0.2) is 29.3 Å². The Labute approximate surface area is 92.6 Å². The second-order valence-electron chi connectivity index (χ2n) is 3.14. The van der Waals surface area contributed by atoms with E-state index in [9.17, 15) is 4.79 Å². The summed E-state index contributed by atoms with van der Waals surface area (Å²) >= 11 is 0. The first-order chi connectivity index (χ1) is 7.77. The van der Waals surface area contributed by atoms with Crippen LogP contribution >= 0.6 is 0 Å². The molecule has 0 unspecified atom stereocenters. The minimum absolute atomic E-state index is 0.282. The van der Waals surface area contributed by atoms with E-state index in [1.165, 1.54) is 7.11 Å². The minimum Gasteiger partial charge on any atom is -0.479 e. The number of rotatable bonds is 3. The first-order valence-electron chi connectivity index (χ1n) is 4.96. The van der Waals surface area contributed by atoms with E-state index in [0.717, 1.165) is 0 Å². The molecule has 0 atom stereocenters. The molecule has 0 saturated heterocycles. The number of fused-ring (bicyclic) bond motifs is 1. The summed E-state index contributed by atoms with van der Waals surface area (Å²) in [4.78, 5) is 11.7. The maximum absolute atomic E-state index is 11.7. The van der Waals surface area contributed by atoms with Gasteiger partial charge in [-0.05, 0) is 19.1 Å². The number of methoxy groups -OCH3 is 1. The van der Waals surface area contributed by atoms with Crippen molar-refractivity contribution in [3.05, 3.63) is 30.0 Å². The van der Waals surface area contributed by atoms with Crippen LogP contribution in [0, 0.1) is 0 Å². The number of pyridine rings is 1. The molecule has 0 fully saturated rings. The third kappa shape index (κ3) is 1.60. The van der Waals surface area contributed by atoms with E-state index in [1.54, 1.807) is 23.7 Å². The standard InChI is InChI=1S/C11H12N2O3/c1-3-16-11(14)9-8-6-4-5-7-13(8)12-10(9)15-2/h4-7H,3H2,1-2H3. The lowest BCUT2D eigenvalue weighted by molar-refractivity contribution is 0.0525. The summed E-state index contributed by atoms with van der Waals surface area (Å²) in [6.45, 7) is 2.09. The van der Waals surface area contributed by atoms with Gasteiger partial charge in [-0.2, -0.15) is 0 Å². The molecule has 0 aliphatic carbocycles. The van der Waals surface area contributed by atoms with Gasteiger partial charge >= 0.3 is 5.97 Å². The molecular weight excluding hydrogens is 208 g/mol. The molecule has 5 heteroatoms. The molecule has 0 amide bonds. The fourth-order valence-electron chi connectivity index (χ4n) is 1.52. The van der Waals surface area contributed by atoms with Gasteiger partial charge < -0.3 is 9.47 Å². The Kier molecular flexibility index (Phi) is 2.76. The highest BCUT2D eigenvalue weighted by Gasteiger charge is 2.21. The smallest absolute Gasteiger partial charge is 0.345 e. The highest BCUT2D eigenvalue weighted by Crippen LogP contribution is 2.22. The Bertz CT molecular complexity index is 519. The molecule has 84 valence electrons. The number of esters is 1. The normalized spacial score (nSPS) is 10.4. The Morgan fingerprint density at radius 2 is 2.31 bits per heavy atom. The van der Waals surface area contributed by atoms with E-state index < -0.39 is 5.97 Å². The predicted octanol–water partition coefficient (Wildman–Crippen LogP) is 1.52. The van der Waals surface area contributed by atoms with Crippen molar-refractivity contribution >= 4 is 11.5 Å². The molecule has 0 bridgehead atoms. The molecule has 0 radical (unpaired) electrons. The van der Waals surface area contributed by atoms with Crippen molar-refractivity contribution in [2.45, 2.75) is 6.92 Å². The largest absolute Gasteiger partial charge is 0.479 e. The van der Waals surface area contributed by atoms with Crippen molar-refractivity contribution in [3.63, 3.8) is 0 Å². The van der Waals surface area contributed by atoms with E-state index in [0.29, 0.717) is 17.7 Å². The maximum atomic E-state index is 11.7. The Hall–Kier alpha value is -2.04. The van der Waals surface area contributed by atoms with Crippen LogP contribution < -0.4 is 4.74 Å². The summed E-state index contributed by atoms with van der Waals surface area (Å²) in [6, 6.07) is 5.45. The van der Waals surface area contributed by atoms with Crippen molar-refractivity contribution < 1.29 is 14.3 Å². The molecule has 2 aromatic rings. The van der Waals surface area contributed by atoms with Crippen LogP contribution in [0.25, 0.3) is 5.52 Å². The van der Waals surface area contributed by atoms with E-state index in [1.807, 2.05) is 12.1 Å². The van der Waals surface area contributed by atoms with Crippen LogP contribution in [0.4, 0.5) is 0 Å². The second-order valence-corrected chi connectivity index (χ2v) is 3.14. The molecule has 0 spiro atoms. The monoisotopic (exact) mass is 220 g/mol. The first kappa shape index (κ1) is 10.5. The second kappa shape index (κ2) is 4.22. The highest BCUT2D eigenvalue weighted by molar-refractivity contribution is 5.99. The van der Waals surface area contributed by atoms with Crippen molar-refractivity contribution in [2.24, 2.45) is 0 Å². The van der Waals surface area contributed by atoms with E-state index >= 15 is 0 Å². The average molecular weight is 220 g/mol. The maximum Gasteiger partial charge on any atom is 0.345 e. The van der Waals surface area contributed by atoms with Crippen LogP contribution in [0.2, 0.25) is 0 Å². The molecule has 5 nitrogen and oxygen atoms in total. The van der Waals surface area contributed by atoms with Gasteiger partial charge in [0.25, 0.3) is 0 Å². The van der Waals surface area contributed by atoms with Crippen molar-refractivity contribution in [2.75, 3.05) is 13.7 Å².